The lowest BCUT2D eigenvalue weighted by Crippen LogP contribution is -2.12. The molecule has 0 heterocycles. The van der Waals surface area contributed by atoms with E-state index >= 15 is 0 Å². The molecule has 1 aromatic rings. The third kappa shape index (κ3) is 1.75. The number of isocyanates is 1. The molecule has 1 aromatic carbocycles. The first-order valence-electron chi connectivity index (χ1n) is 5.13. The van der Waals surface area contributed by atoms with E-state index in [-0.39, 0.29) is 5.78 Å². The molecule has 1 aliphatic carbocycles. The number of benzene rings is 1. The third-order valence-corrected chi connectivity index (χ3v) is 2.58. The zero-order valence-electron chi connectivity index (χ0n) is 8.90. The van der Waals surface area contributed by atoms with Gasteiger partial charge in [-0.05, 0) is 30.7 Å². The SMILES string of the molecule is CCOc1ccc2c(c1)CC(N=C=O)C2=O. The van der Waals surface area contributed by atoms with Crippen LogP contribution in [-0.4, -0.2) is 24.5 Å². The molecule has 1 atom stereocenters. The quantitative estimate of drug-likeness (QED) is 0.570. The molecule has 0 aliphatic heterocycles. The van der Waals surface area contributed by atoms with Gasteiger partial charge in [0.2, 0.25) is 6.08 Å². The molecule has 0 spiro atoms. The lowest BCUT2D eigenvalue weighted by Gasteiger charge is -2.04. The average Bonchev–Trinajstić information content (AvgIpc) is 2.57. The molecule has 0 N–H and O–H groups in total. The Balaban J connectivity index is 2.32. The van der Waals surface area contributed by atoms with Gasteiger partial charge in [-0.25, -0.2) is 4.79 Å². The second-order valence-corrected chi connectivity index (χ2v) is 3.56. The number of nitrogens with zero attached hydrogens (tertiary/aromatic N) is 1. The first-order chi connectivity index (χ1) is 7.76. The van der Waals surface area contributed by atoms with Gasteiger partial charge in [0, 0.05) is 12.0 Å². The summed E-state index contributed by atoms with van der Waals surface area (Å²) in [5.41, 5.74) is 1.52. The Labute approximate surface area is 92.9 Å². The highest BCUT2D eigenvalue weighted by molar-refractivity contribution is 6.05. The maximum absolute atomic E-state index is 11.7. The molecular weight excluding hydrogens is 206 g/mol. The second kappa shape index (κ2) is 4.29. The highest BCUT2D eigenvalue weighted by Gasteiger charge is 2.30. The molecule has 0 saturated carbocycles. The Morgan fingerprint density at radius 1 is 1.56 bits per heavy atom. The van der Waals surface area contributed by atoms with Crippen LogP contribution in [-0.2, 0) is 11.2 Å². The number of rotatable bonds is 3. The van der Waals surface area contributed by atoms with E-state index in [0.29, 0.717) is 18.6 Å². The summed E-state index contributed by atoms with van der Waals surface area (Å²) < 4.78 is 5.34. The van der Waals surface area contributed by atoms with E-state index in [1.54, 1.807) is 12.1 Å². The maximum atomic E-state index is 11.7. The van der Waals surface area contributed by atoms with E-state index in [4.69, 9.17) is 4.74 Å². The molecule has 82 valence electrons. The van der Waals surface area contributed by atoms with Crippen LogP contribution in [0.15, 0.2) is 23.2 Å². The predicted octanol–water partition coefficient (Wildman–Crippen LogP) is 1.53. The summed E-state index contributed by atoms with van der Waals surface area (Å²) in [6.45, 7) is 2.49. The standard InChI is InChI=1S/C12H11NO3/c1-2-16-9-3-4-10-8(5-9)6-11(12(10)15)13-7-14/h3-5,11H,2,6H2,1H3. The van der Waals surface area contributed by atoms with Gasteiger partial charge in [-0.1, -0.05) is 0 Å². The fourth-order valence-electron chi connectivity index (χ4n) is 1.88. The molecule has 4 nitrogen and oxygen atoms in total. The van der Waals surface area contributed by atoms with Gasteiger partial charge in [0.15, 0.2) is 5.78 Å². The summed E-state index contributed by atoms with van der Waals surface area (Å²) in [6.07, 6.45) is 1.90. The average molecular weight is 217 g/mol. The first-order valence-corrected chi connectivity index (χ1v) is 5.13. The molecule has 0 radical (unpaired) electrons. The zero-order valence-corrected chi connectivity index (χ0v) is 8.90. The number of carbonyl (C=O) groups is 1. The van der Waals surface area contributed by atoms with Crippen LogP contribution in [0.25, 0.3) is 0 Å². The van der Waals surface area contributed by atoms with Crippen molar-refractivity contribution < 1.29 is 14.3 Å². The summed E-state index contributed by atoms with van der Waals surface area (Å²) in [6, 6.07) is 4.72. The largest absolute Gasteiger partial charge is 0.494 e. The van der Waals surface area contributed by atoms with Gasteiger partial charge in [-0.3, -0.25) is 4.79 Å². The lowest BCUT2D eigenvalue weighted by molar-refractivity contribution is 0.0975. The molecule has 0 bridgehead atoms. The Bertz CT molecular complexity index is 475. The van der Waals surface area contributed by atoms with Crippen molar-refractivity contribution >= 4 is 11.9 Å². The Hall–Kier alpha value is -1.93. The number of aliphatic imine (C=N–C) groups is 1. The Morgan fingerprint density at radius 2 is 2.38 bits per heavy atom. The fourth-order valence-corrected chi connectivity index (χ4v) is 1.88. The second-order valence-electron chi connectivity index (χ2n) is 3.56. The summed E-state index contributed by atoms with van der Waals surface area (Å²) in [5.74, 6) is 0.631. The number of carbonyl (C=O) groups excluding carboxylic acids is 2. The van der Waals surface area contributed by atoms with Crippen LogP contribution in [0.2, 0.25) is 0 Å². The number of hydrogen-bond acceptors (Lipinski definition) is 4. The molecule has 1 aliphatic rings. The van der Waals surface area contributed by atoms with Crippen LogP contribution in [0.4, 0.5) is 0 Å². The van der Waals surface area contributed by atoms with Gasteiger partial charge in [0.1, 0.15) is 11.8 Å². The molecule has 0 amide bonds. The van der Waals surface area contributed by atoms with Crippen molar-refractivity contribution in [1.82, 2.24) is 0 Å². The molecule has 4 heteroatoms. The molecular formula is C12H11NO3. The minimum Gasteiger partial charge on any atom is -0.494 e. The van der Waals surface area contributed by atoms with Crippen LogP contribution in [0.3, 0.4) is 0 Å². The summed E-state index contributed by atoms with van der Waals surface area (Å²) >= 11 is 0. The van der Waals surface area contributed by atoms with E-state index < -0.39 is 6.04 Å². The highest BCUT2D eigenvalue weighted by Crippen LogP contribution is 2.27. The minimum absolute atomic E-state index is 0.110. The van der Waals surface area contributed by atoms with Crippen LogP contribution < -0.4 is 4.74 Å². The molecule has 0 fully saturated rings. The van der Waals surface area contributed by atoms with Gasteiger partial charge in [-0.2, -0.15) is 4.99 Å². The normalized spacial score (nSPS) is 17.8. The van der Waals surface area contributed by atoms with Crippen molar-refractivity contribution in [3.8, 4) is 5.75 Å². The molecule has 1 unspecified atom stereocenters. The first kappa shape index (κ1) is 10.6. The monoisotopic (exact) mass is 217 g/mol. The fraction of sp³-hybridized carbons (Fsp3) is 0.333. The molecule has 2 rings (SSSR count). The van der Waals surface area contributed by atoms with Gasteiger partial charge >= 0.3 is 0 Å². The molecule has 0 aromatic heterocycles. The lowest BCUT2D eigenvalue weighted by atomic mass is 10.1. The summed E-state index contributed by atoms with van der Waals surface area (Å²) in [5, 5.41) is 0. The smallest absolute Gasteiger partial charge is 0.235 e. The topological polar surface area (TPSA) is 55.7 Å². The van der Waals surface area contributed by atoms with Crippen molar-refractivity contribution in [3.63, 3.8) is 0 Å². The Kier molecular flexibility index (Phi) is 2.84. The van der Waals surface area contributed by atoms with Gasteiger partial charge < -0.3 is 4.74 Å². The van der Waals surface area contributed by atoms with Crippen molar-refractivity contribution in [1.29, 1.82) is 0 Å². The van der Waals surface area contributed by atoms with Crippen molar-refractivity contribution in [2.75, 3.05) is 6.61 Å². The number of hydrogen-bond donors (Lipinski definition) is 0. The van der Waals surface area contributed by atoms with Crippen LogP contribution in [0, 0.1) is 0 Å². The number of Topliss-reactive ketones (excluding diaryl/α,β-unsaturated/α-hetero) is 1. The van der Waals surface area contributed by atoms with Crippen LogP contribution in [0.1, 0.15) is 22.8 Å². The van der Waals surface area contributed by atoms with Gasteiger partial charge in [0.25, 0.3) is 0 Å². The predicted molar refractivity (Wildman–Crippen MR) is 57.6 cm³/mol. The van der Waals surface area contributed by atoms with Crippen LogP contribution >= 0.6 is 0 Å². The van der Waals surface area contributed by atoms with Crippen molar-refractivity contribution in [3.05, 3.63) is 29.3 Å². The van der Waals surface area contributed by atoms with E-state index in [1.807, 2.05) is 13.0 Å². The highest BCUT2D eigenvalue weighted by atomic mass is 16.5. The van der Waals surface area contributed by atoms with E-state index in [2.05, 4.69) is 4.99 Å². The van der Waals surface area contributed by atoms with E-state index in [9.17, 15) is 9.59 Å². The van der Waals surface area contributed by atoms with Crippen molar-refractivity contribution in [2.45, 2.75) is 19.4 Å². The zero-order chi connectivity index (χ0) is 11.5. The number of fused-ring (bicyclic) bond motifs is 1. The molecule has 0 saturated heterocycles. The maximum Gasteiger partial charge on any atom is 0.235 e. The number of ketones is 1. The van der Waals surface area contributed by atoms with Crippen molar-refractivity contribution in [2.24, 2.45) is 4.99 Å². The van der Waals surface area contributed by atoms with Gasteiger partial charge in [0.05, 0.1) is 6.61 Å². The number of ether oxygens (including phenoxy) is 1. The minimum atomic E-state index is -0.593. The van der Waals surface area contributed by atoms with E-state index in [1.165, 1.54) is 6.08 Å². The summed E-state index contributed by atoms with van der Waals surface area (Å²) in [4.78, 5) is 25.4. The molecule has 16 heavy (non-hydrogen) atoms. The third-order valence-electron chi connectivity index (χ3n) is 2.58. The van der Waals surface area contributed by atoms with E-state index in [0.717, 1.165) is 11.3 Å². The van der Waals surface area contributed by atoms with Gasteiger partial charge in [-0.15, -0.1) is 0 Å². The van der Waals surface area contributed by atoms with Crippen LogP contribution in [0.5, 0.6) is 5.75 Å². The summed E-state index contributed by atoms with van der Waals surface area (Å²) in [7, 11) is 0. The Morgan fingerprint density at radius 3 is 3.06 bits per heavy atom.